The highest BCUT2D eigenvalue weighted by Crippen LogP contribution is 2.21. The lowest BCUT2D eigenvalue weighted by Crippen LogP contribution is -2.12. The first-order valence-electron chi connectivity index (χ1n) is 6.89. The molecule has 110 valence electrons. The fraction of sp³-hybridized carbons (Fsp3) is 0.118. The predicted octanol–water partition coefficient (Wildman–Crippen LogP) is 3.61. The Balaban J connectivity index is 1.79. The maximum Gasteiger partial charge on any atom is 0.258 e. The summed E-state index contributed by atoms with van der Waals surface area (Å²) in [4.78, 5) is 16.3. The Bertz CT molecular complexity index is 810. The molecule has 1 amide bonds. The molecule has 1 N–H and O–H groups in total. The first kappa shape index (κ1) is 14.0. The van der Waals surface area contributed by atoms with Crippen LogP contribution in [0.4, 0.5) is 5.88 Å². The molecule has 3 rings (SSSR count). The van der Waals surface area contributed by atoms with Crippen LogP contribution in [0.5, 0.6) is 0 Å². The van der Waals surface area contributed by atoms with Crippen molar-refractivity contribution in [1.29, 1.82) is 0 Å². The SMILES string of the molecule is Cc1ccc(C(=O)Nc2cc(-c3cccnc3)no2)c(C)c1. The van der Waals surface area contributed by atoms with Gasteiger partial charge in [0.2, 0.25) is 5.88 Å². The molecule has 2 heterocycles. The molecule has 0 atom stereocenters. The monoisotopic (exact) mass is 293 g/mol. The van der Waals surface area contributed by atoms with Gasteiger partial charge in [-0.05, 0) is 37.6 Å². The zero-order chi connectivity index (χ0) is 15.5. The van der Waals surface area contributed by atoms with Gasteiger partial charge >= 0.3 is 0 Å². The van der Waals surface area contributed by atoms with Crippen molar-refractivity contribution in [3.05, 3.63) is 65.5 Å². The van der Waals surface area contributed by atoms with E-state index >= 15 is 0 Å². The van der Waals surface area contributed by atoms with E-state index in [4.69, 9.17) is 4.52 Å². The summed E-state index contributed by atoms with van der Waals surface area (Å²) in [6, 6.07) is 11.1. The van der Waals surface area contributed by atoms with Crippen LogP contribution < -0.4 is 5.32 Å². The third kappa shape index (κ3) is 2.88. The molecule has 0 spiro atoms. The van der Waals surface area contributed by atoms with Crippen LogP contribution in [0.25, 0.3) is 11.3 Å². The van der Waals surface area contributed by atoms with Crippen LogP contribution in [0, 0.1) is 13.8 Å². The van der Waals surface area contributed by atoms with Gasteiger partial charge in [-0.15, -0.1) is 0 Å². The number of aryl methyl sites for hydroxylation is 2. The van der Waals surface area contributed by atoms with E-state index in [1.165, 1.54) is 0 Å². The standard InChI is InChI=1S/C17H15N3O2/c1-11-5-6-14(12(2)8-11)17(21)19-16-9-15(20-22-16)13-4-3-7-18-10-13/h3-10H,1-2H3,(H,19,21). The Morgan fingerprint density at radius 3 is 2.77 bits per heavy atom. The van der Waals surface area contributed by atoms with E-state index in [2.05, 4.69) is 15.5 Å². The maximum atomic E-state index is 12.3. The summed E-state index contributed by atoms with van der Waals surface area (Å²) in [6.07, 6.45) is 3.38. The van der Waals surface area contributed by atoms with Crippen LogP contribution in [0.15, 0.2) is 53.3 Å². The van der Waals surface area contributed by atoms with Crippen molar-refractivity contribution >= 4 is 11.8 Å². The Labute approximate surface area is 128 Å². The van der Waals surface area contributed by atoms with Gasteiger partial charge in [-0.3, -0.25) is 15.1 Å². The van der Waals surface area contributed by atoms with Gasteiger partial charge in [-0.25, -0.2) is 0 Å². The molecule has 0 saturated carbocycles. The van der Waals surface area contributed by atoms with Gasteiger partial charge < -0.3 is 4.52 Å². The van der Waals surface area contributed by atoms with Crippen LogP contribution >= 0.6 is 0 Å². The zero-order valence-corrected chi connectivity index (χ0v) is 12.3. The number of anilines is 1. The molecule has 5 nitrogen and oxygen atoms in total. The van der Waals surface area contributed by atoms with Crippen LogP contribution in [0.1, 0.15) is 21.5 Å². The fourth-order valence-electron chi connectivity index (χ4n) is 2.23. The quantitative estimate of drug-likeness (QED) is 0.801. The maximum absolute atomic E-state index is 12.3. The number of carbonyl (C=O) groups is 1. The second kappa shape index (κ2) is 5.81. The van der Waals surface area contributed by atoms with Gasteiger partial charge in [0.15, 0.2) is 0 Å². The summed E-state index contributed by atoms with van der Waals surface area (Å²) in [5.41, 5.74) is 4.12. The highest BCUT2D eigenvalue weighted by atomic mass is 16.5. The fourth-order valence-corrected chi connectivity index (χ4v) is 2.23. The minimum Gasteiger partial charge on any atom is -0.338 e. The van der Waals surface area contributed by atoms with Crippen molar-refractivity contribution in [3.63, 3.8) is 0 Å². The zero-order valence-electron chi connectivity index (χ0n) is 12.3. The number of nitrogens with zero attached hydrogens (tertiary/aromatic N) is 2. The molecule has 0 aliphatic carbocycles. The van der Waals surface area contributed by atoms with E-state index in [1.54, 1.807) is 24.5 Å². The number of carbonyl (C=O) groups excluding carboxylic acids is 1. The van der Waals surface area contributed by atoms with Crippen molar-refractivity contribution in [2.24, 2.45) is 0 Å². The van der Waals surface area contributed by atoms with E-state index in [9.17, 15) is 4.79 Å². The minimum atomic E-state index is -0.216. The van der Waals surface area contributed by atoms with E-state index in [1.807, 2.05) is 38.1 Å². The topological polar surface area (TPSA) is 68.0 Å². The molecule has 3 aromatic rings. The Morgan fingerprint density at radius 1 is 1.18 bits per heavy atom. The molecular formula is C17H15N3O2. The second-order valence-corrected chi connectivity index (χ2v) is 5.09. The molecule has 22 heavy (non-hydrogen) atoms. The molecule has 0 saturated heterocycles. The van der Waals surface area contributed by atoms with Crippen LogP contribution in [0.3, 0.4) is 0 Å². The average Bonchev–Trinajstić information content (AvgIpc) is 2.96. The number of benzene rings is 1. The number of hydrogen-bond donors (Lipinski definition) is 1. The number of pyridine rings is 1. The van der Waals surface area contributed by atoms with Crippen molar-refractivity contribution in [2.45, 2.75) is 13.8 Å². The van der Waals surface area contributed by atoms with Crippen molar-refractivity contribution in [1.82, 2.24) is 10.1 Å². The molecule has 0 unspecified atom stereocenters. The predicted molar refractivity (Wildman–Crippen MR) is 83.6 cm³/mol. The van der Waals surface area contributed by atoms with Crippen LogP contribution in [-0.4, -0.2) is 16.0 Å². The largest absolute Gasteiger partial charge is 0.338 e. The van der Waals surface area contributed by atoms with Gasteiger partial charge in [0, 0.05) is 29.6 Å². The van der Waals surface area contributed by atoms with E-state index in [0.29, 0.717) is 17.1 Å². The summed E-state index contributed by atoms with van der Waals surface area (Å²) >= 11 is 0. The van der Waals surface area contributed by atoms with E-state index in [0.717, 1.165) is 16.7 Å². The number of rotatable bonds is 3. The number of nitrogens with one attached hydrogen (secondary N) is 1. The Hall–Kier alpha value is -2.95. The number of hydrogen-bond acceptors (Lipinski definition) is 4. The smallest absolute Gasteiger partial charge is 0.258 e. The first-order chi connectivity index (χ1) is 10.6. The lowest BCUT2D eigenvalue weighted by atomic mass is 10.1. The van der Waals surface area contributed by atoms with Crippen LogP contribution in [0.2, 0.25) is 0 Å². The lowest BCUT2D eigenvalue weighted by Gasteiger charge is -2.05. The van der Waals surface area contributed by atoms with Crippen molar-refractivity contribution in [3.8, 4) is 11.3 Å². The second-order valence-electron chi connectivity index (χ2n) is 5.09. The van der Waals surface area contributed by atoms with E-state index < -0.39 is 0 Å². The highest BCUT2D eigenvalue weighted by Gasteiger charge is 2.13. The van der Waals surface area contributed by atoms with Gasteiger partial charge in [-0.2, -0.15) is 0 Å². The Kier molecular flexibility index (Phi) is 3.70. The summed E-state index contributed by atoms with van der Waals surface area (Å²) in [5, 5.41) is 6.66. The number of amides is 1. The summed E-state index contributed by atoms with van der Waals surface area (Å²) in [7, 11) is 0. The molecule has 2 aromatic heterocycles. The first-order valence-corrected chi connectivity index (χ1v) is 6.89. The van der Waals surface area contributed by atoms with Crippen LogP contribution in [-0.2, 0) is 0 Å². The molecule has 0 aliphatic rings. The lowest BCUT2D eigenvalue weighted by molar-refractivity contribution is 0.102. The van der Waals surface area contributed by atoms with Gasteiger partial charge in [0.05, 0.1) is 0 Å². The Morgan fingerprint density at radius 2 is 2.05 bits per heavy atom. The molecule has 1 aromatic carbocycles. The van der Waals surface area contributed by atoms with Crippen molar-refractivity contribution < 1.29 is 9.32 Å². The van der Waals surface area contributed by atoms with Crippen molar-refractivity contribution in [2.75, 3.05) is 5.32 Å². The van der Waals surface area contributed by atoms with Gasteiger partial charge in [0.25, 0.3) is 5.91 Å². The molecule has 0 bridgehead atoms. The molecule has 0 radical (unpaired) electrons. The molecule has 0 aliphatic heterocycles. The summed E-state index contributed by atoms with van der Waals surface area (Å²) in [6.45, 7) is 3.90. The normalized spacial score (nSPS) is 10.5. The third-order valence-electron chi connectivity index (χ3n) is 3.33. The average molecular weight is 293 g/mol. The minimum absolute atomic E-state index is 0.216. The summed E-state index contributed by atoms with van der Waals surface area (Å²) < 4.78 is 5.17. The highest BCUT2D eigenvalue weighted by molar-refractivity contribution is 6.04. The van der Waals surface area contributed by atoms with Gasteiger partial charge in [-0.1, -0.05) is 22.9 Å². The molecule has 5 heteroatoms. The molecular weight excluding hydrogens is 278 g/mol. The molecule has 0 fully saturated rings. The van der Waals surface area contributed by atoms with E-state index in [-0.39, 0.29) is 5.91 Å². The number of aromatic nitrogens is 2. The van der Waals surface area contributed by atoms with Gasteiger partial charge in [0.1, 0.15) is 5.69 Å². The third-order valence-corrected chi connectivity index (χ3v) is 3.33. The summed E-state index contributed by atoms with van der Waals surface area (Å²) in [5.74, 6) is 0.0928.